The van der Waals surface area contributed by atoms with Gasteiger partial charge in [-0.3, -0.25) is 0 Å². The average molecular weight is 423 g/mol. The van der Waals surface area contributed by atoms with Crippen molar-refractivity contribution in [1.82, 2.24) is 19.9 Å². The number of aliphatic hydroxyl groups is 1. The van der Waals surface area contributed by atoms with Gasteiger partial charge in [-0.2, -0.15) is 9.97 Å². The molecule has 1 fully saturated rings. The third-order valence-corrected chi connectivity index (χ3v) is 5.71. The van der Waals surface area contributed by atoms with E-state index in [0.717, 1.165) is 48.3 Å². The third kappa shape index (κ3) is 5.02. The zero-order valence-corrected chi connectivity index (χ0v) is 18.1. The first-order valence-corrected chi connectivity index (χ1v) is 11.0. The van der Waals surface area contributed by atoms with Gasteiger partial charge in [0.05, 0.1) is 17.4 Å². The second-order valence-electron chi connectivity index (χ2n) is 8.17. The van der Waals surface area contributed by atoms with Crippen LogP contribution in [-0.2, 0) is 6.42 Å². The molecule has 1 aliphatic carbocycles. The number of rotatable bonds is 7. The first-order chi connectivity index (χ1) is 15.0. The molecule has 8 nitrogen and oxygen atoms in total. The molecule has 164 valence electrons. The lowest BCUT2D eigenvalue weighted by Gasteiger charge is -2.23. The summed E-state index contributed by atoms with van der Waals surface area (Å²) in [5.74, 6) is 0.567. The smallest absolute Gasteiger partial charge is 0.247 e. The van der Waals surface area contributed by atoms with Gasteiger partial charge in [-0.05, 0) is 63.6 Å². The highest BCUT2D eigenvalue weighted by Gasteiger charge is 2.21. The second-order valence-corrected chi connectivity index (χ2v) is 8.17. The van der Waals surface area contributed by atoms with Crippen LogP contribution in [0.5, 0.6) is 5.88 Å². The number of hydrogen-bond acceptors (Lipinski definition) is 8. The molecule has 1 unspecified atom stereocenters. The predicted octanol–water partition coefficient (Wildman–Crippen LogP) is 3.73. The maximum atomic E-state index is 9.08. The summed E-state index contributed by atoms with van der Waals surface area (Å²) in [6.45, 7) is 4.11. The van der Waals surface area contributed by atoms with Crippen LogP contribution in [0, 0.1) is 6.92 Å². The second kappa shape index (κ2) is 9.43. The number of benzene rings is 1. The van der Waals surface area contributed by atoms with Crippen molar-refractivity contribution in [1.29, 1.82) is 0 Å². The SMILES string of the molecule is Cc1nc2nc(N)nc(OC3CCCCC3)c2nc1C(C)Nc1ccc(CCO)cc1. The Balaban J connectivity index is 1.61. The monoisotopic (exact) mass is 422 g/mol. The highest BCUT2D eigenvalue weighted by Crippen LogP contribution is 2.29. The highest BCUT2D eigenvalue weighted by molar-refractivity contribution is 5.77. The molecule has 8 heteroatoms. The topological polar surface area (TPSA) is 119 Å². The van der Waals surface area contributed by atoms with Crippen molar-refractivity contribution >= 4 is 22.8 Å². The molecule has 4 N–H and O–H groups in total. The van der Waals surface area contributed by atoms with Crippen molar-refractivity contribution in [3.05, 3.63) is 41.2 Å². The molecule has 2 heterocycles. The Labute approximate surface area is 182 Å². The number of aliphatic hydroxyl groups excluding tert-OH is 1. The summed E-state index contributed by atoms with van der Waals surface area (Å²) in [6.07, 6.45) is 6.39. The minimum Gasteiger partial charge on any atom is -0.473 e. The van der Waals surface area contributed by atoms with Crippen LogP contribution >= 0.6 is 0 Å². The van der Waals surface area contributed by atoms with E-state index in [9.17, 15) is 0 Å². The minimum atomic E-state index is -0.0827. The fourth-order valence-corrected chi connectivity index (χ4v) is 4.08. The molecule has 0 amide bonds. The molecule has 3 aromatic rings. The standard InChI is InChI=1S/C23H30N6O2/c1-14(25-17-10-8-16(9-11-17)12-13-30)19-15(2)26-21-20(27-19)22(29-23(24)28-21)31-18-6-4-3-5-7-18/h8-11,14,18,25,30H,3-7,12-13H2,1-2H3,(H2,24,26,28,29). The molecule has 1 atom stereocenters. The average Bonchev–Trinajstić information content (AvgIpc) is 2.75. The molecule has 1 saturated carbocycles. The lowest BCUT2D eigenvalue weighted by molar-refractivity contribution is 0.150. The van der Waals surface area contributed by atoms with Crippen molar-refractivity contribution in [3.63, 3.8) is 0 Å². The fourth-order valence-electron chi connectivity index (χ4n) is 4.08. The summed E-state index contributed by atoms with van der Waals surface area (Å²) < 4.78 is 6.20. The van der Waals surface area contributed by atoms with Crippen LogP contribution in [-0.4, -0.2) is 37.8 Å². The summed E-state index contributed by atoms with van der Waals surface area (Å²) in [5, 5.41) is 12.6. The van der Waals surface area contributed by atoms with E-state index in [0.29, 0.717) is 23.5 Å². The van der Waals surface area contributed by atoms with E-state index < -0.39 is 0 Å². The molecular weight excluding hydrogens is 392 g/mol. The van der Waals surface area contributed by atoms with Crippen LogP contribution in [0.25, 0.3) is 11.2 Å². The maximum Gasteiger partial charge on any atom is 0.247 e. The van der Waals surface area contributed by atoms with Gasteiger partial charge in [-0.15, -0.1) is 0 Å². The number of nitrogen functional groups attached to an aromatic ring is 1. The number of nitrogens with zero attached hydrogens (tertiary/aromatic N) is 4. The zero-order valence-electron chi connectivity index (χ0n) is 18.1. The normalized spacial score (nSPS) is 15.7. The summed E-state index contributed by atoms with van der Waals surface area (Å²) in [5.41, 5.74) is 10.6. The van der Waals surface area contributed by atoms with Crippen molar-refractivity contribution in [3.8, 4) is 5.88 Å². The van der Waals surface area contributed by atoms with Crippen molar-refractivity contribution in [2.45, 2.75) is 64.5 Å². The number of aromatic nitrogens is 4. The van der Waals surface area contributed by atoms with Gasteiger partial charge in [0.25, 0.3) is 0 Å². The quantitative estimate of drug-likeness (QED) is 0.527. The minimum absolute atomic E-state index is 0.0827. The van der Waals surface area contributed by atoms with Gasteiger partial charge in [0.2, 0.25) is 11.8 Å². The number of nitrogens with one attached hydrogen (secondary N) is 1. The van der Waals surface area contributed by atoms with E-state index >= 15 is 0 Å². The first kappa shape index (κ1) is 21.2. The maximum absolute atomic E-state index is 9.08. The Morgan fingerprint density at radius 1 is 1.10 bits per heavy atom. The van der Waals surface area contributed by atoms with Crippen LogP contribution in [0.3, 0.4) is 0 Å². The Morgan fingerprint density at radius 3 is 2.55 bits per heavy atom. The molecule has 0 spiro atoms. The Morgan fingerprint density at radius 2 is 1.84 bits per heavy atom. The Hall–Kier alpha value is -3.00. The Bertz CT molecular complexity index is 1030. The van der Waals surface area contributed by atoms with Crippen molar-refractivity contribution in [2.24, 2.45) is 0 Å². The van der Waals surface area contributed by atoms with Gasteiger partial charge in [-0.1, -0.05) is 18.6 Å². The molecule has 1 aliphatic rings. The van der Waals surface area contributed by atoms with Gasteiger partial charge < -0.3 is 20.9 Å². The summed E-state index contributed by atoms with van der Waals surface area (Å²) in [7, 11) is 0. The van der Waals surface area contributed by atoms with Crippen LogP contribution in [0.15, 0.2) is 24.3 Å². The van der Waals surface area contributed by atoms with Crippen molar-refractivity contribution in [2.75, 3.05) is 17.7 Å². The van der Waals surface area contributed by atoms with Gasteiger partial charge in [0.1, 0.15) is 6.10 Å². The first-order valence-electron chi connectivity index (χ1n) is 11.0. The lowest BCUT2D eigenvalue weighted by Crippen LogP contribution is -2.21. The highest BCUT2D eigenvalue weighted by atomic mass is 16.5. The number of fused-ring (bicyclic) bond motifs is 1. The molecular formula is C23H30N6O2. The number of anilines is 2. The van der Waals surface area contributed by atoms with Crippen LogP contribution < -0.4 is 15.8 Å². The number of ether oxygens (including phenoxy) is 1. The fraction of sp³-hybridized carbons (Fsp3) is 0.478. The van der Waals surface area contributed by atoms with E-state index in [2.05, 4.69) is 20.3 Å². The number of aryl methyl sites for hydroxylation is 1. The molecule has 4 rings (SSSR count). The van der Waals surface area contributed by atoms with Crippen LogP contribution in [0.2, 0.25) is 0 Å². The largest absolute Gasteiger partial charge is 0.473 e. The van der Waals surface area contributed by atoms with Gasteiger partial charge in [0, 0.05) is 12.3 Å². The van der Waals surface area contributed by atoms with E-state index in [4.69, 9.17) is 20.6 Å². The summed E-state index contributed by atoms with van der Waals surface area (Å²) in [6, 6.07) is 7.95. The molecule has 2 aromatic heterocycles. The van der Waals surface area contributed by atoms with Crippen molar-refractivity contribution < 1.29 is 9.84 Å². The molecule has 0 bridgehead atoms. The molecule has 0 saturated heterocycles. The van der Waals surface area contributed by atoms with E-state index in [1.54, 1.807) is 0 Å². The summed E-state index contributed by atoms with van der Waals surface area (Å²) in [4.78, 5) is 18.1. The van der Waals surface area contributed by atoms with Gasteiger partial charge in [0.15, 0.2) is 11.2 Å². The summed E-state index contributed by atoms with van der Waals surface area (Å²) >= 11 is 0. The molecule has 0 aliphatic heterocycles. The van der Waals surface area contributed by atoms with E-state index in [-0.39, 0.29) is 24.7 Å². The lowest BCUT2D eigenvalue weighted by atomic mass is 9.98. The van der Waals surface area contributed by atoms with Gasteiger partial charge in [-0.25, -0.2) is 9.97 Å². The molecule has 1 aromatic carbocycles. The molecule has 31 heavy (non-hydrogen) atoms. The number of hydrogen-bond donors (Lipinski definition) is 3. The predicted molar refractivity (Wildman–Crippen MR) is 121 cm³/mol. The Kier molecular flexibility index (Phi) is 6.46. The van der Waals surface area contributed by atoms with Crippen LogP contribution in [0.1, 0.15) is 62.0 Å². The zero-order chi connectivity index (χ0) is 21.8. The van der Waals surface area contributed by atoms with Gasteiger partial charge >= 0.3 is 0 Å². The number of nitrogens with two attached hydrogens (primary N) is 1. The third-order valence-electron chi connectivity index (χ3n) is 5.71. The van der Waals surface area contributed by atoms with E-state index in [1.165, 1.54) is 6.42 Å². The molecule has 0 radical (unpaired) electrons. The van der Waals surface area contributed by atoms with Crippen LogP contribution in [0.4, 0.5) is 11.6 Å². The van der Waals surface area contributed by atoms with E-state index in [1.807, 2.05) is 38.1 Å².